The van der Waals surface area contributed by atoms with Crippen LogP contribution in [0.4, 0.5) is 5.69 Å². The highest BCUT2D eigenvalue weighted by Gasteiger charge is 2.09. The second kappa shape index (κ2) is 7.05. The number of imidazole rings is 1. The minimum atomic E-state index is -0.0360. The first kappa shape index (κ1) is 17.0. The Morgan fingerprint density at radius 1 is 1.23 bits per heavy atom. The minimum absolute atomic E-state index is 0.0360. The van der Waals surface area contributed by atoms with E-state index in [1.807, 2.05) is 54.7 Å². The van der Waals surface area contributed by atoms with Crippen LogP contribution in [0.3, 0.4) is 0 Å². The molecule has 2 heterocycles. The van der Waals surface area contributed by atoms with Crippen molar-refractivity contribution in [1.82, 2.24) is 9.38 Å². The summed E-state index contributed by atoms with van der Waals surface area (Å²) in [6.45, 7) is 2.06. The normalized spacial score (nSPS) is 11.0. The van der Waals surface area contributed by atoms with E-state index >= 15 is 0 Å². The summed E-state index contributed by atoms with van der Waals surface area (Å²) < 4.78 is 3.09. The fourth-order valence-electron chi connectivity index (χ4n) is 2.78. The number of amides is 1. The molecule has 4 nitrogen and oxygen atoms in total. The Balaban J connectivity index is 1.51. The summed E-state index contributed by atoms with van der Waals surface area (Å²) >= 11 is 5.03. The number of rotatable bonds is 4. The van der Waals surface area contributed by atoms with E-state index in [2.05, 4.69) is 42.9 Å². The van der Waals surface area contributed by atoms with Crippen LogP contribution in [0, 0.1) is 6.92 Å². The number of carbonyl (C=O) groups is 1. The number of fused-ring (bicyclic) bond motifs is 1. The molecule has 0 spiro atoms. The van der Waals surface area contributed by atoms with Gasteiger partial charge in [0.05, 0.1) is 12.1 Å². The fourth-order valence-corrected chi connectivity index (χ4v) is 3.90. The lowest BCUT2D eigenvalue weighted by Crippen LogP contribution is -2.14. The molecular weight excluding hydrogens is 410 g/mol. The van der Waals surface area contributed by atoms with Gasteiger partial charge in [-0.15, -0.1) is 11.3 Å². The molecule has 0 fully saturated rings. The van der Waals surface area contributed by atoms with Gasteiger partial charge in [-0.1, -0.05) is 40.2 Å². The number of nitrogens with zero attached hydrogens (tertiary/aromatic N) is 2. The average Bonchev–Trinajstić information content (AvgIpc) is 3.20. The molecule has 0 aliphatic rings. The quantitative estimate of drug-likeness (QED) is 0.481. The van der Waals surface area contributed by atoms with Crippen LogP contribution in [0.15, 0.2) is 64.6 Å². The maximum absolute atomic E-state index is 12.3. The number of nitrogens with one attached hydrogen (secondary N) is 1. The van der Waals surface area contributed by atoms with Crippen LogP contribution in [-0.4, -0.2) is 15.3 Å². The van der Waals surface area contributed by atoms with Crippen molar-refractivity contribution in [3.05, 3.63) is 75.8 Å². The Morgan fingerprint density at radius 3 is 2.81 bits per heavy atom. The highest BCUT2D eigenvalue weighted by Crippen LogP contribution is 2.25. The van der Waals surface area contributed by atoms with Gasteiger partial charge in [0.25, 0.3) is 0 Å². The van der Waals surface area contributed by atoms with Gasteiger partial charge in [-0.3, -0.25) is 9.20 Å². The highest BCUT2D eigenvalue weighted by atomic mass is 79.9. The molecule has 2 aromatic heterocycles. The molecule has 4 aromatic rings. The van der Waals surface area contributed by atoms with Crippen molar-refractivity contribution in [2.45, 2.75) is 13.3 Å². The van der Waals surface area contributed by atoms with Gasteiger partial charge in [-0.25, -0.2) is 4.98 Å². The molecule has 0 bridgehead atoms. The third-order valence-electron chi connectivity index (χ3n) is 4.11. The maximum atomic E-state index is 12.3. The van der Waals surface area contributed by atoms with Crippen molar-refractivity contribution in [1.29, 1.82) is 0 Å². The van der Waals surface area contributed by atoms with E-state index in [1.54, 1.807) is 11.3 Å². The standard InChI is InChI=1S/C20H16BrN3OS/c1-13-12-26-20-23-18(11-24(13)20)15-3-2-4-17(10-15)22-19(25)9-14-5-7-16(21)8-6-14/h2-8,10-12H,9H2,1H3,(H,22,25). The van der Waals surface area contributed by atoms with Crippen LogP contribution in [0.2, 0.25) is 0 Å². The number of aryl methyl sites for hydroxylation is 1. The van der Waals surface area contributed by atoms with E-state index in [-0.39, 0.29) is 5.91 Å². The lowest BCUT2D eigenvalue weighted by atomic mass is 10.1. The second-order valence-corrected chi connectivity index (χ2v) is 7.84. The zero-order valence-corrected chi connectivity index (χ0v) is 16.5. The smallest absolute Gasteiger partial charge is 0.228 e. The van der Waals surface area contributed by atoms with Crippen LogP contribution in [0.1, 0.15) is 11.3 Å². The molecule has 0 saturated heterocycles. The van der Waals surface area contributed by atoms with Crippen LogP contribution in [-0.2, 0) is 11.2 Å². The van der Waals surface area contributed by atoms with Crippen LogP contribution in [0.5, 0.6) is 0 Å². The number of hydrogen-bond donors (Lipinski definition) is 1. The summed E-state index contributed by atoms with van der Waals surface area (Å²) in [5.41, 5.74) is 4.82. The fraction of sp³-hybridized carbons (Fsp3) is 0.100. The molecule has 0 unspecified atom stereocenters. The predicted molar refractivity (Wildman–Crippen MR) is 110 cm³/mol. The number of aromatic nitrogens is 2. The minimum Gasteiger partial charge on any atom is -0.326 e. The summed E-state index contributed by atoms with van der Waals surface area (Å²) in [6.07, 6.45) is 2.38. The zero-order valence-electron chi connectivity index (χ0n) is 14.1. The number of carbonyl (C=O) groups excluding carboxylic acids is 1. The van der Waals surface area contributed by atoms with Crippen LogP contribution < -0.4 is 5.32 Å². The van der Waals surface area contributed by atoms with Gasteiger partial charge in [0.1, 0.15) is 0 Å². The molecule has 1 N–H and O–H groups in total. The Hall–Kier alpha value is -2.44. The first-order chi connectivity index (χ1) is 12.6. The number of halogens is 1. The SMILES string of the molecule is Cc1csc2nc(-c3cccc(NC(=O)Cc4ccc(Br)cc4)c3)cn12. The molecule has 130 valence electrons. The second-order valence-electron chi connectivity index (χ2n) is 6.09. The molecule has 0 aliphatic carbocycles. The van der Waals surface area contributed by atoms with E-state index in [9.17, 15) is 4.79 Å². The summed E-state index contributed by atoms with van der Waals surface area (Å²) in [5, 5.41) is 5.06. The van der Waals surface area contributed by atoms with E-state index in [0.29, 0.717) is 6.42 Å². The monoisotopic (exact) mass is 425 g/mol. The van der Waals surface area contributed by atoms with Crippen molar-refractivity contribution in [2.75, 3.05) is 5.32 Å². The van der Waals surface area contributed by atoms with Gasteiger partial charge >= 0.3 is 0 Å². The molecule has 0 saturated carbocycles. The largest absolute Gasteiger partial charge is 0.326 e. The third-order valence-corrected chi connectivity index (χ3v) is 5.59. The molecule has 2 aromatic carbocycles. The van der Waals surface area contributed by atoms with Gasteiger partial charge < -0.3 is 5.32 Å². The third kappa shape index (κ3) is 3.57. The van der Waals surface area contributed by atoms with Gasteiger partial charge in [0.2, 0.25) is 5.91 Å². The number of anilines is 1. The molecular formula is C20H16BrN3OS. The van der Waals surface area contributed by atoms with Gasteiger partial charge in [-0.05, 0) is 36.8 Å². The predicted octanol–water partition coefficient (Wildman–Crippen LogP) is 5.31. The molecule has 0 atom stereocenters. The van der Waals surface area contributed by atoms with Crippen molar-refractivity contribution in [2.24, 2.45) is 0 Å². The van der Waals surface area contributed by atoms with E-state index in [4.69, 9.17) is 0 Å². The van der Waals surface area contributed by atoms with Gasteiger partial charge in [0.15, 0.2) is 4.96 Å². The van der Waals surface area contributed by atoms with Crippen molar-refractivity contribution in [3.63, 3.8) is 0 Å². The summed E-state index contributed by atoms with van der Waals surface area (Å²) in [5.74, 6) is -0.0360. The van der Waals surface area contributed by atoms with Crippen molar-refractivity contribution in [3.8, 4) is 11.3 Å². The van der Waals surface area contributed by atoms with Crippen LogP contribution >= 0.6 is 27.3 Å². The number of hydrogen-bond acceptors (Lipinski definition) is 3. The molecule has 26 heavy (non-hydrogen) atoms. The topological polar surface area (TPSA) is 46.4 Å². The molecule has 6 heteroatoms. The molecule has 0 radical (unpaired) electrons. The highest BCUT2D eigenvalue weighted by molar-refractivity contribution is 9.10. The zero-order chi connectivity index (χ0) is 18.1. The Morgan fingerprint density at radius 2 is 2.04 bits per heavy atom. The summed E-state index contributed by atoms with van der Waals surface area (Å²) in [6, 6.07) is 15.6. The Bertz CT molecular complexity index is 1080. The Kier molecular flexibility index (Phi) is 4.61. The van der Waals surface area contributed by atoms with Crippen molar-refractivity contribution >= 4 is 43.8 Å². The summed E-state index contributed by atoms with van der Waals surface area (Å²) in [4.78, 5) is 18.0. The average molecular weight is 426 g/mol. The van der Waals surface area contributed by atoms with Gasteiger partial charge in [-0.2, -0.15) is 0 Å². The Labute approximate surface area is 163 Å². The molecule has 4 rings (SSSR count). The first-order valence-corrected chi connectivity index (χ1v) is 9.84. The van der Waals surface area contributed by atoms with Crippen molar-refractivity contribution < 1.29 is 4.79 Å². The lowest BCUT2D eigenvalue weighted by molar-refractivity contribution is -0.115. The lowest BCUT2D eigenvalue weighted by Gasteiger charge is -2.07. The van der Waals surface area contributed by atoms with Crippen LogP contribution in [0.25, 0.3) is 16.2 Å². The van der Waals surface area contributed by atoms with E-state index in [1.165, 1.54) is 5.69 Å². The van der Waals surface area contributed by atoms with E-state index < -0.39 is 0 Å². The number of benzene rings is 2. The van der Waals surface area contributed by atoms with Gasteiger partial charge in [0, 0.05) is 33.0 Å². The first-order valence-electron chi connectivity index (χ1n) is 8.16. The summed E-state index contributed by atoms with van der Waals surface area (Å²) in [7, 11) is 0. The molecule has 1 amide bonds. The van der Waals surface area contributed by atoms with E-state index in [0.717, 1.165) is 31.9 Å². The molecule has 0 aliphatic heterocycles. The number of thiazole rings is 1. The maximum Gasteiger partial charge on any atom is 0.228 e.